The lowest BCUT2D eigenvalue weighted by Crippen LogP contribution is -2.30. The van der Waals surface area contributed by atoms with Crippen molar-refractivity contribution in [2.45, 2.75) is 18.2 Å². The van der Waals surface area contributed by atoms with E-state index in [1.54, 1.807) is 0 Å². The summed E-state index contributed by atoms with van der Waals surface area (Å²) in [6.07, 6.45) is 0.472. The maximum absolute atomic E-state index is 10.8. The van der Waals surface area contributed by atoms with Gasteiger partial charge >= 0.3 is 0 Å². The molecule has 0 saturated heterocycles. The number of nitrogens with two attached hydrogens (primary N) is 1. The molecule has 8 heteroatoms. The third-order valence-corrected chi connectivity index (χ3v) is 2.69. The van der Waals surface area contributed by atoms with Crippen LogP contribution in [0.3, 0.4) is 0 Å². The van der Waals surface area contributed by atoms with Gasteiger partial charge in [-0.1, -0.05) is 11.3 Å². The van der Waals surface area contributed by atoms with Crippen molar-refractivity contribution in [2.75, 3.05) is 6.61 Å². The summed E-state index contributed by atoms with van der Waals surface area (Å²) >= 11 is 0. The van der Waals surface area contributed by atoms with Crippen LogP contribution in [-0.4, -0.2) is 55.0 Å². The van der Waals surface area contributed by atoms with Crippen LogP contribution in [0.25, 0.3) is 0 Å². The molecule has 2 rings (SSSR count). The molecule has 0 aromatic carbocycles. The number of aromatic nitrogens is 3. The molecule has 1 aromatic rings. The van der Waals surface area contributed by atoms with Gasteiger partial charge in [-0.15, -0.1) is 5.10 Å². The summed E-state index contributed by atoms with van der Waals surface area (Å²) in [6, 6.07) is -0.673. The second-order valence-corrected chi connectivity index (χ2v) is 3.77. The minimum absolute atomic E-state index is 0.0301. The smallest absolute Gasteiger partial charge is 0.270 e. The zero-order chi connectivity index (χ0) is 12.6. The fraction of sp³-hybridized carbons (Fsp3) is 0.444. The second kappa shape index (κ2) is 4.24. The van der Waals surface area contributed by atoms with Crippen molar-refractivity contribution >= 4 is 5.91 Å². The normalized spacial score (nSPS) is 28.2. The molecule has 0 spiro atoms. The van der Waals surface area contributed by atoms with Gasteiger partial charge in [-0.2, -0.15) is 0 Å². The first-order valence-corrected chi connectivity index (χ1v) is 4.94. The van der Waals surface area contributed by atoms with E-state index >= 15 is 0 Å². The average Bonchev–Trinajstić information content (AvgIpc) is 2.87. The van der Waals surface area contributed by atoms with Crippen molar-refractivity contribution < 1.29 is 20.1 Å². The number of primary amides is 1. The molecule has 8 nitrogen and oxygen atoms in total. The second-order valence-electron chi connectivity index (χ2n) is 3.77. The van der Waals surface area contributed by atoms with Crippen molar-refractivity contribution in [3.63, 3.8) is 0 Å². The molecule has 92 valence electrons. The van der Waals surface area contributed by atoms with Gasteiger partial charge in [0.25, 0.3) is 5.91 Å². The molecule has 17 heavy (non-hydrogen) atoms. The quantitative estimate of drug-likeness (QED) is 0.434. The van der Waals surface area contributed by atoms with E-state index in [2.05, 4.69) is 10.3 Å². The van der Waals surface area contributed by atoms with E-state index in [1.807, 2.05) is 0 Å². The first kappa shape index (κ1) is 11.7. The highest BCUT2D eigenvalue weighted by atomic mass is 16.3. The Morgan fingerprint density at radius 3 is 2.71 bits per heavy atom. The molecule has 1 heterocycles. The maximum Gasteiger partial charge on any atom is 0.270 e. The van der Waals surface area contributed by atoms with Crippen LogP contribution in [-0.2, 0) is 0 Å². The number of aliphatic hydroxyl groups is 3. The number of aliphatic hydroxyl groups excluding tert-OH is 3. The van der Waals surface area contributed by atoms with E-state index in [1.165, 1.54) is 17.0 Å². The fourth-order valence-corrected chi connectivity index (χ4v) is 1.74. The molecule has 1 aliphatic carbocycles. The Bertz CT molecular complexity index is 469. The Labute approximate surface area is 96.0 Å². The van der Waals surface area contributed by atoms with Gasteiger partial charge in [0, 0.05) is 0 Å². The van der Waals surface area contributed by atoms with Gasteiger partial charge in [0.1, 0.15) is 18.2 Å². The molecule has 5 N–H and O–H groups in total. The zero-order valence-electron chi connectivity index (χ0n) is 8.76. The summed E-state index contributed by atoms with van der Waals surface area (Å²) in [5, 5.41) is 35.4. The van der Waals surface area contributed by atoms with Crippen LogP contribution < -0.4 is 5.73 Å². The summed E-state index contributed by atoms with van der Waals surface area (Å²) in [5.41, 5.74) is 5.29. The lowest BCUT2D eigenvalue weighted by molar-refractivity contribution is 0.0253. The SMILES string of the molecule is NC(=O)c1cn(C2C=C(CO)C(O)C2O)nn1. The van der Waals surface area contributed by atoms with Crippen molar-refractivity contribution in [2.24, 2.45) is 5.73 Å². The van der Waals surface area contributed by atoms with Crippen LogP contribution in [0.15, 0.2) is 17.8 Å². The van der Waals surface area contributed by atoms with E-state index in [0.717, 1.165) is 0 Å². The first-order valence-electron chi connectivity index (χ1n) is 4.94. The minimum Gasteiger partial charge on any atom is -0.392 e. The van der Waals surface area contributed by atoms with E-state index in [9.17, 15) is 15.0 Å². The van der Waals surface area contributed by atoms with Crippen molar-refractivity contribution in [3.05, 3.63) is 23.5 Å². The highest BCUT2D eigenvalue weighted by molar-refractivity contribution is 5.90. The fourth-order valence-electron chi connectivity index (χ4n) is 1.74. The Balaban J connectivity index is 2.28. The highest BCUT2D eigenvalue weighted by Crippen LogP contribution is 2.28. The molecule has 0 saturated carbocycles. The topological polar surface area (TPSA) is 134 Å². The number of rotatable bonds is 3. The average molecular weight is 240 g/mol. The number of nitrogens with zero attached hydrogens (tertiary/aromatic N) is 3. The monoisotopic (exact) mass is 240 g/mol. The predicted octanol–water partition coefficient (Wildman–Crippen LogP) is -2.43. The third kappa shape index (κ3) is 1.93. The van der Waals surface area contributed by atoms with Crippen molar-refractivity contribution in [1.82, 2.24) is 15.0 Å². The summed E-state index contributed by atoms with van der Waals surface area (Å²) in [6.45, 7) is -0.355. The van der Waals surface area contributed by atoms with Gasteiger partial charge in [-0.05, 0) is 5.57 Å². The van der Waals surface area contributed by atoms with Gasteiger partial charge in [0.05, 0.1) is 12.8 Å². The Kier molecular flexibility index (Phi) is 2.92. The number of amides is 1. The van der Waals surface area contributed by atoms with Gasteiger partial charge in [0.15, 0.2) is 5.69 Å². The molecule has 1 aromatic heterocycles. The molecule has 0 aliphatic heterocycles. The lowest BCUT2D eigenvalue weighted by Gasteiger charge is -2.16. The van der Waals surface area contributed by atoms with Crippen LogP contribution in [0, 0.1) is 0 Å². The van der Waals surface area contributed by atoms with Crippen molar-refractivity contribution in [1.29, 1.82) is 0 Å². The molecule has 0 bridgehead atoms. The Morgan fingerprint density at radius 1 is 1.53 bits per heavy atom. The molecule has 0 radical (unpaired) electrons. The van der Waals surface area contributed by atoms with Crippen LogP contribution in [0.1, 0.15) is 16.5 Å². The van der Waals surface area contributed by atoms with Crippen LogP contribution >= 0.6 is 0 Å². The number of hydrogen-bond acceptors (Lipinski definition) is 6. The molecular formula is C9H12N4O4. The minimum atomic E-state index is -1.15. The van der Waals surface area contributed by atoms with E-state index in [0.29, 0.717) is 5.57 Å². The molecule has 0 fully saturated rings. The number of carbonyl (C=O) groups excluding carboxylic acids is 1. The third-order valence-electron chi connectivity index (χ3n) is 2.69. The predicted molar refractivity (Wildman–Crippen MR) is 54.8 cm³/mol. The summed E-state index contributed by atoms with van der Waals surface area (Å²) in [7, 11) is 0. The standard InChI is InChI=1S/C9H12N4O4/c10-9(17)5-2-13(12-11-5)6-1-4(3-14)7(15)8(6)16/h1-2,6-8,14-16H,3H2,(H2,10,17). The van der Waals surface area contributed by atoms with Crippen molar-refractivity contribution in [3.8, 4) is 0 Å². The zero-order valence-corrected chi connectivity index (χ0v) is 8.76. The summed E-state index contributed by atoms with van der Waals surface area (Å²) in [5.74, 6) is -0.726. The first-order chi connectivity index (χ1) is 8.04. The van der Waals surface area contributed by atoms with Crippen LogP contribution in [0.4, 0.5) is 0 Å². The summed E-state index contributed by atoms with van der Waals surface area (Å²) in [4.78, 5) is 10.8. The lowest BCUT2D eigenvalue weighted by atomic mass is 10.1. The molecule has 3 unspecified atom stereocenters. The maximum atomic E-state index is 10.8. The molecule has 3 atom stereocenters. The number of hydrogen-bond donors (Lipinski definition) is 4. The molecular weight excluding hydrogens is 228 g/mol. The Morgan fingerprint density at radius 2 is 2.24 bits per heavy atom. The summed E-state index contributed by atoms with van der Waals surface area (Å²) < 4.78 is 1.22. The van der Waals surface area contributed by atoms with Crippen LogP contribution in [0.5, 0.6) is 0 Å². The van der Waals surface area contributed by atoms with Gasteiger partial charge < -0.3 is 21.1 Å². The van der Waals surface area contributed by atoms with Gasteiger partial charge in [-0.25, -0.2) is 4.68 Å². The molecule has 1 amide bonds. The number of carbonyl (C=O) groups is 1. The van der Waals surface area contributed by atoms with E-state index in [4.69, 9.17) is 10.8 Å². The van der Waals surface area contributed by atoms with E-state index in [-0.39, 0.29) is 12.3 Å². The molecule has 1 aliphatic rings. The largest absolute Gasteiger partial charge is 0.392 e. The van der Waals surface area contributed by atoms with Crippen LogP contribution in [0.2, 0.25) is 0 Å². The highest BCUT2D eigenvalue weighted by Gasteiger charge is 2.36. The van der Waals surface area contributed by atoms with E-state index < -0.39 is 24.2 Å². The Hall–Kier alpha value is -1.77. The van der Waals surface area contributed by atoms with Gasteiger partial charge in [-0.3, -0.25) is 4.79 Å². The van der Waals surface area contributed by atoms with Gasteiger partial charge in [0.2, 0.25) is 0 Å².